The normalized spacial score (nSPS) is 10.4. The second-order valence-electron chi connectivity index (χ2n) is 6.05. The molecule has 0 heterocycles. The Labute approximate surface area is 145 Å². The molecule has 0 spiro atoms. The summed E-state index contributed by atoms with van der Waals surface area (Å²) in [5.74, 6) is 0. The molecule has 6 nitrogen and oxygen atoms in total. The van der Waals surface area contributed by atoms with Crippen molar-refractivity contribution in [2.45, 2.75) is 65.2 Å². The Balaban J connectivity index is 2.67. The minimum atomic E-state index is 0.595. The van der Waals surface area contributed by atoms with Gasteiger partial charge in [-0.2, -0.15) is 0 Å². The van der Waals surface area contributed by atoms with Crippen LogP contribution in [0.3, 0.4) is 0 Å². The Kier molecular flexibility index (Phi) is 10.4. The van der Waals surface area contributed by atoms with Crippen LogP contribution in [0, 0.1) is 9.81 Å². The van der Waals surface area contributed by atoms with Gasteiger partial charge in [-0.25, -0.2) is 10.0 Å². The highest BCUT2D eigenvalue weighted by Crippen LogP contribution is 2.24. The van der Waals surface area contributed by atoms with E-state index < -0.39 is 0 Å². The molecule has 0 N–H and O–H groups in total. The molecule has 1 aromatic rings. The van der Waals surface area contributed by atoms with Crippen LogP contribution in [0.15, 0.2) is 34.8 Å². The minimum absolute atomic E-state index is 0.595. The molecule has 0 radical (unpaired) electrons. The Morgan fingerprint density at radius 3 is 1.58 bits per heavy atom. The van der Waals surface area contributed by atoms with Gasteiger partial charge in [0.25, 0.3) is 0 Å². The van der Waals surface area contributed by atoms with E-state index >= 15 is 0 Å². The van der Waals surface area contributed by atoms with Gasteiger partial charge in [-0.3, -0.25) is 0 Å². The van der Waals surface area contributed by atoms with Gasteiger partial charge in [0.05, 0.1) is 21.9 Å². The Morgan fingerprint density at radius 1 is 0.750 bits per heavy atom. The van der Waals surface area contributed by atoms with Crippen LogP contribution in [-0.2, 0) is 0 Å². The molecule has 0 amide bonds. The smallest absolute Gasteiger partial charge is 0.0647 e. The van der Waals surface area contributed by atoms with Crippen LogP contribution in [0.5, 0.6) is 0 Å². The van der Waals surface area contributed by atoms with Crippen molar-refractivity contribution < 1.29 is 0 Å². The number of nitroso groups, excluding NO2 is 2. The lowest BCUT2D eigenvalue weighted by molar-refractivity contribution is 0.647. The molecule has 0 aliphatic carbocycles. The van der Waals surface area contributed by atoms with Gasteiger partial charge in [-0.1, -0.05) is 58.4 Å². The maximum atomic E-state index is 11.1. The van der Waals surface area contributed by atoms with Crippen molar-refractivity contribution in [1.29, 1.82) is 0 Å². The summed E-state index contributed by atoms with van der Waals surface area (Å²) in [5.41, 5.74) is 1.42. The number of hydrogen-bond donors (Lipinski definition) is 0. The molecule has 6 heteroatoms. The molecule has 0 bridgehead atoms. The summed E-state index contributed by atoms with van der Waals surface area (Å²) in [7, 11) is 0. The predicted octanol–water partition coefficient (Wildman–Crippen LogP) is 5.82. The first-order valence-electron chi connectivity index (χ1n) is 9.08. The van der Waals surface area contributed by atoms with Crippen molar-refractivity contribution in [3.63, 3.8) is 0 Å². The molecule has 0 aliphatic heterocycles. The Hall–Kier alpha value is -1.98. The van der Waals surface area contributed by atoms with Crippen molar-refractivity contribution in [2.75, 3.05) is 23.1 Å². The van der Waals surface area contributed by atoms with Gasteiger partial charge >= 0.3 is 0 Å². The van der Waals surface area contributed by atoms with Crippen LogP contribution in [-0.4, -0.2) is 13.1 Å². The molecule has 0 unspecified atom stereocenters. The zero-order valence-corrected chi connectivity index (χ0v) is 15.0. The molecule has 1 rings (SSSR count). The van der Waals surface area contributed by atoms with Gasteiger partial charge in [0.1, 0.15) is 0 Å². The number of hydrogen-bond acceptors (Lipinski definition) is 4. The van der Waals surface area contributed by atoms with E-state index in [0.29, 0.717) is 24.5 Å². The molecule has 24 heavy (non-hydrogen) atoms. The average Bonchev–Trinajstić information content (AvgIpc) is 2.62. The number of anilines is 2. The fourth-order valence-electron chi connectivity index (χ4n) is 2.62. The highest BCUT2D eigenvalue weighted by molar-refractivity contribution is 5.58. The molecule has 134 valence electrons. The van der Waals surface area contributed by atoms with Gasteiger partial charge in [0, 0.05) is 13.1 Å². The average molecular weight is 334 g/mol. The lowest BCUT2D eigenvalue weighted by atomic mass is 10.2. The number of nitrogens with zero attached hydrogens (tertiary/aromatic N) is 4. The second-order valence-corrected chi connectivity index (χ2v) is 6.05. The van der Waals surface area contributed by atoms with E-state index in [1.807, 2.05) is 24.3 Å². The van der Waals surface area contributed by atoms with Crippen molar-refractivity contribution in [2.24, 2.45) is 10.6 Å². The third kappa shape index (κ3) is 7.06. The van der Waals surface area contributed by atoms with E-state index in [1.54, 1.807) is 0 Å². The first-order chi connectivity index (χ1) is 11.8. The van der Waals surface area contributed by atoms with E-state index in [0.717, 1.165) is 51.4 Å². The molecular weight excluding hydrogens is 304 g/mol. The molecule has 1 aromatic carbocycles. The fraction of sp³-hybridized carbons (Fsp3) is 0.667. The first-order valence-corrected chi connectivity index (χ1v) is 9.08. The molecule has 0 fully saturated rings. The largest absolute Gasteiger partial charge is 0.229 e. The van der Waals surface area contributed by atoms with E-state index in [4.69, 9.17) is 0 Å². The van der Waals surface area contributed by atoms with Crippen LogP contribution in [0.4, 0.5) is 11.4 Å². The maximum absolute atomic E-state index is 11.1. The Morgan fingerprint density at radius 2 is 1.21 bits per heavy atom. The first kappa shape index (κ1) is 20.1. The number of unbranched alkanes of at least 4 members (excludes halogenated alkanes) is 6. The van der Waals surface area contributed by atoms with Gasteiger partial charge in [-0.05, 0) is 31.0 Å². The highest BCUT2D eigenvalue weighted by atomic mass is 16.3. The zero-order chi connectivity index (χ0) is 17.6. The lowest BCUT2D eigenvalue weighted by Gasteiger charge is -2.19. The van der Waals surface area contributed by atoms with Gasteiger partial charge in [-0.15, -0.1) is 9.81 Å². The summed E-state index contributed by atoms with van der Waals surface area (Å²) in [5, 5.41) is 9.16. The molecule has 0 atom stereocenters. The van der Waals surface area contributed by atoms with Crippen LogP contribution >= 0.6 is 0 Å². The molecule has 0 saturated carbocycles. The second kappa shape index (κ2) is 12.4. The van der Waals surface area contributed by atoms with Crippen LogP contribution in [0.1, 0.15) is 65.2 Å². The summed E-state index contributed by atoms with van der Waals surface area (Å²) in [6.45, 7) is 5.50. The number of rotatable bonds is 14. The number of benzene rings is 1. The molecule has 0 saturated heterocycles. The summed E-state index contributed by atoms with van der Waals surface area (Å²) < 4.78 is 0. The van der Waals surface area contributed by atoms with Crippen molar-refractivity contribution in [3.8, 4) is 0 Å². The summed E-state index contributed by atoms with van der Waals surface area (Å²) in [6.07, 6.45) is 8.65. The zero-order valence-electron chi connectivity index (χ0n) is 15.0. The highest BCUT2D eigenvalue weighted by Gasteiger charge is 2.11. The summed E-state index contributed by atoms with van der Waals surface area (Å²) in [4.78, 5) is 22.3. The third-order valence-electron chi connectivity index (χ3n) is 4.07. The quantitative estimate of drug-likeness (QED) is 0.244. The predicted molar refractivity (Wildman–Crippen MR) is 101 cm³/mol. The van der Waals surface area contributed by atoms with Gasteiger partial charge < -0.3 is 0 Å². The van der Waals surface area contributed by atoms with Gasteiger partial charge in [0.15, 0.2) is 0 Å². The third-order valence-corrected chi connectivity index (χ3v) is 4.07. The molecular formula is C18H30N4O2. The van der Waals surface area contributed by atoms with Crippen molar-refractivity contribution in [3.05, 3.63) is 34.1 Å². The molecule has 0 aromatic heterocycles. The van der Waals surface area contributed by atoms with E-state index in [2.05, 4.69) is 24.4 Å². The van der Waals surface area contributed by atoms with Crippen molar-refractivity contribution in [1.82, 2.24) is 0 Å². The van der Waals surface area contributed by atoms with E-state index in [-0.39, 0.29) is 0 Å². The van der Waals surface area contributed by atoms with E-state index in [9.17, 15) is 9.81 Å². The monoisotopic (exact) mass is 334 g/mol. The van der Waals surface area contributed by atoms with Gasteiger partial charge in [0.2, 0.25) is 0 Å². The van der Waals surface area contributed by atoms with Crippen LogP contribution in [0.25, 0.3) is 0 Å². The van der Waals surface area contributed by atoms with Crippen LogP contribution < -0.4 is 10.0 Å². The summed E-state index contributed by atoms with van der Waals surface area (Å²) >= 11 is 0. The topological polar surface area (TPSA) is 65.3 Å². The SMILES string of the molecule is CCCCCCN(N=O)c1cccc(N(CCCCCC)N=O)c1. The van der Waals surface area contributed by atoms with E-state index in [1.165, 1.54) is 10.0 Å². The molecule has 0 aliphatic rings. The summed E-state index contributed by atoms with van der Waals surface area (Å²) in [6, 6.07) is 7.32. The standard InChI is InChI=1S/C18H30N4O2/c1-3-5-7-9-14-21(19-23)17-12-11-13-18(16-17)22(20-24)15-10-8-6-4-2/h11-13,16H,3-10,14-15H2,1-2H3. The van der Waals surface area contributed by atoms with Crippen LogP contribution in [0.2, 0.25) is 0 Å². The minimum Gasteiger partial charge on any atom is -0.229 e. The Bertz CT molecular complexity index is 443. The lowest BCUT2D eigenvalue weighted by Crippen LogP contribution is -2.19. The fourth-order valence-corrected chi connectivity index (χ4v) is 2.62. The van der Waals surface area contributed by atoms with Crippen molar-refractivity contribution >= 4 is 11.4 Å². The maximum Gasteiger partial charge on any atom is 0.0647 e.